The van der Waals surface area contributed by atoms with Gasteiger partial charge in [0.05, 0.1) is 12.2 Å². The molecule has 3 nitrogen and oxygen atoms in total. The quantitative estimate of drug-likeness (QED) is 0.795. The van der Waals surface area contributed by atoms with Crippen LogP contribution in [0.1, 0.15) is 29.3 Å². The molecule has 1 aliphatic rings. The average molecular weight is 281 g/mol. The summed E-state index contributed by atoms with van der Waals surface area (Å²) in [7, 11) is 0. The van der Waals surface area contributed by atoms with Crippen LogP contribution in [0.4, 0.5) is 11.4 Å². The van der Waals surface area contributed by atoms with Gasteiger partial charge >= 0.3 is 5.97 Å². The van der Waals surface area contributed by atoms with E-state index in [-0.39, 0.29) is 5.97 Å². The van der Waals surface area contributed by atoms with Gasteiger partial charge in [0.25, 0.3) is 0 Å². The Morgan fingerprint density at radius 2 is 2.05 bits per heavy atom. The first-order chi connectivity index (χ1) is 10.3. The van der Waals surface area contributed by atoms with Crippen molar-refractivity contribution in [2.75, 3.05) is 18.1 Å². The molecule has 3 heteroatoms. The van der Waals surface area contributed by atoms with Gasteiger partial charge in [-0.25, -0.2) is 4.79 Å². The Morgan fingerprint density at radius 3 is 2.90 bits per heavy atom. The van der Waals surface area contributed by atoms with Crippen LogP contribution in [0.5, 0.6) is 0 Å². The normalized spacial score (nSPS) is 13.1. The second-order valence-electron chi connectivity index (χ2n) is 5.22. The number of rotatable bonds is 4. The fourth-order valence-corrected chi connectivity index (χ4v) is 2.69. The molecule has 1 heterocycles. The maximum atomic E-state index is 12.0. The molecule has 0 saturated carbocycles. The predicted molar refractivity (Wildman–Crippen MR) is 84.2 cm³/mol. The van der Waals surface area contributed by atoms with Crippen molar-refractivity contribution in [1.29, 1.82) is 0 Å². The summed E-state index contributed by atoms with van der Waals surface area (Å²) in [4.78, 5) is 14.2. The predicted octanol–water partition coefficient (Wildman–Crippen LogP) is 3.95. The minimum atomic E-state index is -0.244. The number of nitrogens with zero attached hydrogens (tertiary/aromatic N) is 1. The van der Waals surface area contributed by atoms with Gasteiger partial charge in [-0.1, -0.05) is 31.2 Å². The summed E-state index contributed by atoms with van der Waals surface area (Å²) in [5.41, 5.74) is 4.25. The fraction of sp³-hybridized carbons (Fsp3) is 0.278. The first-order valence-corrected chi connectivity index (χ1v) is 7.42. The van der Waals surface area contributed by atoms with Gasteiger partial charge in [0.1, 0.15) is 0 Å². The number of fused-ring (bicyclic) bond motifs is 1. The van der Waals surface area contributed by atoms with Crippen LogP contribution in [0.3, 0.4) is 0 Å². The largest absolute Gasteiger partial charge is 0.462 e. The Labute approximate surface area is 125 Å². The monoisotopic (exact) mass is 281 g/mol. The van der Waals surface area contributed by atoms with Crippen molar-refractivity contribution in [3.8, 4) is 0 Å². The number of benzene rings is 2. The zero-order valence-electron chi connectivity index (χ0n) is 12.2. The van der Waals surface area contributed by atoms with Crippen LogP contribution in [0, 0.1) is 0 Å². The second kappa shape index (κ2) is 6.00. The average Bonchev–Trinajstić information content (AvgIpc) is 2.97. The van der Waals surface area contributed by atoms with E-state index in [1.165, 1.54) is 11.3 Å². The number of esters is 1. The molecule has 0 atom stereocenters. The molecule has 0 aromatic heterocycles. The van der Waals surface area contributed by atoms with Crippen molar-refractivity contribution in [2.45, 2.75) is 19.8 Å². The SMILES string of the molecule is CCCOC(=O)c1cccc(N2CCc3ccccc32)c1. The Kier molecular flexibility index (Phi) is 3.91. The Morgan fingerprint density at radius 1 is 1.19 bits per heavy atom. The molecule has 0 radical (unpaired) electrons. The van der Waals surface area contributed by atoms with Crippen LogP contribution in [0.25, 0.3) is 0 Å². The highest BCUT2D eigenvalue weighted by atomic mass is 16.5. The highest BCUT2D eigenvalue weighted by Crippen LogP contribution is 2.34. The molecule has 1 aliphatic heterocycles. The highest BCUT2D eigenvalue weighted by molar-refractivity contribution is 5.91. The Bertz CT molecular complexity index is 651. The van der Waals surface area contributed by atoms with Crippen molar-refractivity contribution in [3.63, 3.8) is 0 Å². The van der Waals surface area contributed by atoms with E-state index in [4.69, 9.17) is 4.74 Å². The number of carbonyl (C=O) groups is 1. The summed E-state index contributed by atoms with van der Waals surface area (Å²) < 4.78 is 5.21. The van der Waals surface area contributed by atoms with Gasteiger partial charge < -0.3 is 9.64 Å². The lowest BCUT2D eigenvalue weighted by molar-refractivity contribution is 0.0505. The van der Waals surface area contributed by atoms with Crippen molar-refractivity contribution in [1.82, 2.24) is 0 Å². The topological polar surface area (TPSA) is 29.5 Å². The zero-order valence-corrected chi connectivity index (χ0v) is 12.2. The van der Waals surface area contributed by atoms with Crippen LogP contribution in [-0.4, -0.2) is 19.1 Å². The summed E-state index contributed by atoms with van der Waals surface area (Å²) in [6, 6.07) is 16.1. The molecular weight excluding hydrogens is 262 g/mol. The standard InChI is InChI=1S/C18H19NO2/c1-2-12-21-18(20)15-7-5-8-16(13-15)19-11-10-14-6-3-4-9-17(14)19/h3-9,13H,2,10-12H2,1H3. The summed E-state index contributed by atoms with van der Waals surface area (Å²) in [5, 5.41) is 0. The smallest absolute Gasteiger partial charge is 0.338 e. The molecule has 0 amide bonds. The number of anilines is 2. The van der Waals surface area contributed by atoms with E-state index in [9.17, 15) is 4.79 Å². The van der Waals surface area contributed by atoms with E-state index in [2.05, 4.69) is 29.2 Å². The first-order valence-electron chi connectivity index (χ1n) is 7.42. The van der Waals surface area contributed by atoms with Crippen LogP contribution < -0.4 is 4.90 Å². The first kappa shape index (κ1) is 13.7. The summed E-state index contributed by atoms with van der Waals surface area (Å²) in [5.74, 6) is -0.244. The van der Waals surface area contributed by atoms with Crippen LogP contribution in [0.2, 0.25) is 0 Å². The van der Waals surface area contributed by atoms with Gasteiger partial charge in [-0.3, -0.25) is 0 Å². The van der Waals surface area contributed by atoms with Crippen LogP contribution in [-0.2, 0) is 11.2 Å². The van der Waals surface area contributed by atoms with E-state index in [1.54, 1.807) is 0 Å². The molecule has 2 aromatic carbocycles. The Balaban J connectivity index is 1.86. The molecule has 2 aromatic rings. The van der Waals surface area contributed by atoms with Gasteiger partial charge in [0.2, 0.25) is 0 Å². The lowest BCUT2D eigenvalue weighted by Gasteiger charge is -2.20. The van der Waals surface area contributed by atoms with E-state index in [0.717, 1.165) is 25.1 Å². The number of hydrogen-bond donors (Lipinski definition) is 0. The minimum absolute atomic E-state index is 0.244. The Hall–Kier alpha value is -2.29. The van der Waals surface area contributed by atoms with E-state index in [0.29, 0.717) is 12.2 Å². The molecule has 0 spiro atoms. The number of ether oxygens (including phenoxy) is 1. The maximum absolute atomic E-state index is 12.0. The minimum Gasteiger partial charge on any atom is -0.462 e. The number of carbonyl (C=O) groups excluding carboxylic acids is 1. The number of hydrogen-bond acceptors (Lipinski definition) is 3. The molecular formula is C18H19NO2. The van der Waals surface area contributed by atoms with E-state index >= 15 is 0 Å². The third-order valence-electron chi connectivity index (χ3n) is 3.72. The highest BCUT2D eigenvalue weighted by Gasteiger charge is 2.20. The molecule has 0 unspecified atom stereocenters. The van der Waals surface area contributed by atoms with Crippen molar-refractivity contribution >= 4 is 17.3 Å². The lowest BCUT2D eigenvalue weighted by Crippen LogP contribution is -2.14. The van der Waals surface area contributed by atoms with Crippen LogP contribution >= 0.6 is 0 Å². The fourth-order valence-electron chi connectivity index (χ4n) is 2.69. The van der Waals surface area contributed by atoms with Gasteiger partial charge in [-0.15, -0.1) is 0 Å². The molecule has 21 heavy (non-hydrogen) atoms. The van der Waals surface area contributed by atoms with Crippen molar-refractivity contribution < 1.29 is 9.53 Å². The molecule has 0 saturated heterocycles. The van der Waals surface area contributed by atoms with Crippen molar-refractivity contribution in [2.24, 2.45) is 0 Å². The molecule has 0 N–H and O–H groups in total. The van der Waals surface area contributed by atoms with Gasteiger partial charge in [-0.2, -0.15) is 0 Å². The van der Waals surface area contributed by atoms with Gasteiger partial charge in [0.15, 0.2) is 0 Å². The van der Waals surface area contributed by atoms with Gasteiger partial charge in [-0.05, 0) is 42.7 Å². The van der Waals surface area contributed by atoms with Gasteiger partial charge in [0, 0.05) is 17.9 Å². The third kappa shape index (κ3) is 2.77. The summed E-state index contributed by atoms with van der Waals surface area (Å²) in [6.07, 6.45) is 1.88. The third-order valence-corrected chi connectivity index (χ3v) is 3.72. The molecule has 0 fully saturated rings. The zero-order chi connectivity index (χ0) is 14.7. The number of para-hydroxylation sites is 1. The van der Waals surface area contributed by atoms with Crippen LogP contribution in [0.15, 0.2) is 48.5 Å². The molecule has 0 bridgehead atoms. The lowest BCUT2D eigenvalue weighted by atomic mass is 10.1. The summed E-state index contributed by atoms with van der Waals surface area (Å²) in [6.45, 7) is 3.41. The van der Waals surface area contributed by atoms with E-state index in [1.807, 2.05) is 31.2 Å². The summed E-state index contributed by atoms with van der Waals surface area (Å²) >= 11 is 0. The second-order valence-corrected chi connectivity index (χ2v) is 5.22. The molecule has 108 valence electrons. The maximum Gasteiger partial charge on any atom is 0.338 e. The van der Waals surface area contributed by atoms with E-state index < -0.39 is 0 Å². The molecule has 3 rings (SSSR count). The molecule has 0 aliphatic carbocycles. The van der Waals surface area contributed by atoms with Crippen molar-refractivity contribution in [3.05, 3.63) is 59.7 Å².